The molecular formula is C26H15NS. The monoisotopic (exact) mass is 373 g/mol. The lowest BCUT2D eigenvalue weighted by Crippen LogP contribution is -1.74. The van der Waals surface area contributed by atoms with Gasteiger partial charge in [0.25, 0.3) is 0 Å². The normalized spacial score (nSPS) is 12.3. The molecule has 0 atom stereocenters. The Morgan fingerprint density at radius 2 is 1.25 bits per heavy atom. The quantitative estimate of drug-likeness (QED) is 0.277. The fourth-order valence-corrected chi connectivity index (χ4v) is 5.90. The summed E-state index contributed by atoms with van der Waals surface area (Å²) >= 11 is 1.91. The lowest BCUT2D eigenvalue weighted by atomic mass is 10.0. The minimum absolute atomic E-state index is 1.21. The molecule has 0 bridgehead atoms. The second kappa shape index (κ2) is 5.12. The molecule has 5 aromatic carbocycles. The number of hydrogen-bond donors (Lipinski definition) is 1. The van der Waals surface area contributed by atoms with Gasteiger partial charge < -0.3 is 4.98 Å². The zero-order valence-corrected chi connectivity index (χ0v) is 15.8. The summed E-state index contributed by atoms with van der Waals surface area (Å²) in [5.74, 6) is 0. The van der Waals surface area contributed by atoms with E-state index in [1.54, 1.807) is 0 Å². The molecule has 7 aromatic rings. The fourth-order valence-electron chi connectivity index (χ4n) is 4.64. The molecule has 0 aliphatic carbocycles. The molecule has 2 heteroatoms. The number of thiophene rings is 1. The van der Waals surface area contributed by atoms with E-state index in [4.69, 9.17) is 0 Å². The Hall–Kier alpha value is -3.36. The molecule has 0 saturated heterocycles. The minimum Gasteiger partial charge on any atom is -0.354 e. The summed E-state index contributed by atoms with van der Waals surface area (Å²) in [5, 5.41) is 10.5. The fraction of sp³-hybridized carbons (Fsp3) is 0. The van der Waals surface area contributed by atoms with Gasteiger partial charge in [0.1, 0.15) is 0 Å². The molecule has 0 aliphatic heterocycles. The van der Waals surface area contributed by atoms with Crippen LogP contribution in [0.3, 0.4) is 0 Å². The number of aromatic nitrogens is 1. The Bertz CT molecular complexity index is 1590. The SMILES string of the molecule is c1ccc2c(c1)ccc1c3cc4sc5c6ccccc6ccc5c4cc3[nH]c21. The molecule has 130 valence electrons. The Morgan fingerprint density at radius 3 is 2.11 bits per heavy atom. The largest absolute Gasteiger partial charge is 0.354 e. The summed E-state index contributed by atoms with van der Waals surface area (Å²) in [6.45, 7) is 0. The maximum absolute atomic E-state index is 3.71. The second-order valence-electron chi connectivity index (χ2n) is 7.49. The number of rotatable bonds is 0. The standard InChI is InChI=1S/C26H15NS/c1-3-7-17-15(5-1)9-11-19-21-14-24-22(13-23(21)27-25(17)19)20-12-10-16-6-2-4-8-18(16)26(20)28-24/h1-14,27H. The third kappa shape index (κ3) is 1.81. The highest BCUT2D eigenvalue weighted by Crippen LogP contribution is 2.41. The molecule has 0 fully saturated rings. The summed E-state index contributed by atoms with van der Waals surface area (Å²) in [4.78, 5) is 3.71. The van der Waals surface area contributed by atoms with Crippen molar-refractivity contribution in [2.24, 2.45) is 0 Å². The predicted octanol–water partition coefficient (Wildman–Crippen LogP) is 8.00. The molecule has 2 aromatic heterocycles. The molecule has 2 heterocycles. The van der Waals surface area contributed by atoms with Crippen LogP contribution in [-0.4, -0.2) is 4.98 Å². The molecule has 7 rings (SSSR count). The van der Waals surface area contributed by atoms with Crippen LogP contribution in [0.5, 0.6) is 0 Å². The van der Waals surface area contributed by atoms with Gasteiger partial charge in [-0.2, -0.15) is 0 Å². The molecule has 28 heavy (non-hydrogen) atoms. The number of aromatic amines is 1. The lowest BCUT2D eigenvalue weighted by Gasteiger charge is -1.98. The van der Waals surface area contributed by atoms with Gasteiger partial charge in [0.2, 0.25) is 0 Å². The summed E-state index contributed by atoms with van der Waals surface area (Å²) in [6, 6.07) is 31.0. The highest BCUT2D eigenvalue weighted by molar-refractivity contribution is 7.26. The molecule has 0 saturated carbocycles. The topological polar surface area (TPSA) is 15.8 Å². The van der Waals surface area contributed by atoms with E-state index in [1.807, 2.05) is 11.3 Å². The van der Waals surface area contributed by atoms with Gasteiger partial charge in [0.05, 0.1) is 5.52 Å². The average molecular weight is 373 g/mol. The number of hydrogen-bond acceptors (Lipinski definition) is 1. The van der Waals surface area contributed by atoms with Crippen LogP contribution in [0.2, 0.25) is 0 Å². The summed E-state index contributed by atoms with van der Waals surface area (Å²) in [7, 11) is 0. The van der Waals surface area contributed by atoms with E-state index < -0.39 is 0 Å². The van der Waals surface area contributed by atoms with Crippen molar-refractivity contribution < 1.29 is 0 Å². The molecular weight excluding hydrogens is 358 g/mol. The van der Waals surface area contributed by atoms with Gasteiger partial charge in [-0.1, -0.05) is 72.8 Å². The van der Waals surface area contributed by atoms with Crippen molar-refractivity contribution in [3.05, 3.63) is 84.9 Å². The van der Waals surface area contributed by atoms with Crippen LogP contribution in [0.15, 0.2) is 84.9 Å². The van der Waals surface area contributed by atoms with E-state index in [9.17, 15) is 0 Å². The summed E-state index contributed by atoms with van der Waals surface area (Å²) in [6.07, 6.45) is 0. The van der Waals surface area contributed by atoms with Gasteiger partial charge in [0, 0.05) is 41.8 Å². The molecule has 0 radical (unpaired) electrons. The van der Waals surface area contributed by atoms with Crippen LogP contribution in [0.25, 0.3) is 63.5 Å². The van der Waals surface area contributed by atoms with Crippen molar-refractivity contribution in [2.45, 2.75) is 0 Å². The number of H-pyrrole nitrogens is 1. The third-order valence-electron chi connectivity index (χ3n) is 5.98. The Balaban J connectivity index is 1.66. The van der Waals surface area contributed by atoms with Gasteiger partial charge in [-0.3, -0.25) is 0 Å². The van der Waals surface area contributed by atoms with Crippen molar-refractivity contribution in [2.75, 3.05) is 0 Å². The summed E-state index contributed by atoms with van der Waals surface area (Å²) in [5.41, 5.74) is 2.45. The number of benzene rings is 5. The van der Waals surface area contributed by atoms with Crippen LogP contribution in [0, 0.1) is 0 Å². The van der Waals surface area contributed by atoms with Gasteiger partial charge in [-0.25, -0.2) is 0 Å². The van der Waals surface area contributed by atoms with E-state index in [-0.39, 0.29) is 0 Å². The number of nitrogens with one attached hydrogen (secondary N) is 1. The molecule has 0 amide bonds. The minimum atomic E-state index is 1.21. The lowest BCUT2D eigenvalue weighted by molar-refractivity contribution is 1.57. The Morgan fingerprint density at radius 1 is 0.536 bits per heavy atom. The first kappa shape index (κ1) is 14.7. The highest BCUT2D eigenvalue weighted by atomic mass is 32.1. The number of fused-ring (bicyclic) bond motifs is 10. The first-order valence-corrected chi connectivity index (χ1v) is 10.4. The Kier molecular flexibility index (Phi) is 2.68. The van der Waals surface area contributed by atoms with E-state index in [2.05, 4.69) is 89.9 Å². The van der Waals surface area contributed by atoms with Crippen LogP contribution in [-0.2, 0) is 0 Å². The zero-order chi connectivity index (χ0) is 18.2. The molecule has 1 nitrogen and oxygen atoms in total. The van der Waals surface area contributed by atoms with Crippen LogP contribution in [0.4, 0.5) is 0 Å². The maximum Gasteiger partial charge on any atom is 0.0544 e. The Labute approximate surface area is 164 Å². The molecule has 0 spiro atoms. The average Bonchev–Trinajstić information content (AvgIpc) is 3.30. The van der Waals surface area contributed by atoms with Gasteiger partial charge in [0.15, 0.2) is 0 Å². The second-order valence-corrected chi connectivity index (χ2v) is 8.55. The van der Waals surface area contributed by atoms with Gasteiger partial charge >= 0.3 is 0 Å². The van der Waals surface area contributed by atoms with Crippen molar-refractivity contribution in [3.63, 3.8) is 0 Å². The van der Waals surface area contributed by atoms with Crippen molar-refractivity contribution >= 4 is 74.9 Å². The smallest absolute Gasteiger partial charge is 0.0544 e. The van der Waals surface area contributed by atoms with E-state index in [0.717, 1.165) is 0 Å². The first-order valence-electron chi connectivity index (χ1n) is 9.54. The van der Waals surface area contributed by atoms with Gasteiger partial charge in [-0.15, -0.1) is 11.3 Å². The van der Waals surface area contributed by atoms with E-state index in [0.29, 0.717) is 0 Å². The van der Waals surface area contributed by atoms with Crippen molar-refractivity contribution in [1.82, 2.24) is 4.98 Å². The predicted molar refractivity (Wildman–Crippen MR) is 124 cm³/mol. The van der Waals surface area contributed by atoms with Crippen LogP contribution >= 0.6 is 11.3 Å². The molecule has 0 aliphatic rings. The van der Waals surface area contributed by atoms with Crippen molar-refractivity contribution in [1.29, 1.82) is 0 Å². The van der Waals surface area contributed by atoms with E-state index in [1.165, 1.54) is 63.5 Å². The maximum atomic E-state index is 3.71. The molecule has 0 unspecified atom stereocenters. The highest BCUT2D eigenvalue weighted by Gasteiger charge is 2.13. The summed E-state index contributed by atoms with van der Waals surface area (Å²) < 4.78 is 2.74. The van der Waals surface area contributed by atoms with Gasteiger partial charge in [-0.05, 0) is 28.3 Å². The molecule has 1 N–H and O–H groups in total. The van der Waals surface area contributed by atoms with Crippen LogP contribution < -0.4 is 0 Å². The van der Waals surface area contributed by atoms with E-state index >= 15 is 0 Å². The van der Waals surface area contributed by atoms with Crippen LogP contribution in [0.1, 0.15) is 0 Å². The third-order valence-corrected chi connectivity index (χ3v) is 7.18. The van der Waals surface area contributed by atoms with Crippen molar-refractivity contribution in [3.8, 4) is 0 Å². The zero-order valence-electron chi connectivity index (χ0n) is 15.0. The first-order chi connectivity index (χ1) is 13.9.